The van der Waals surface area contributed by atoms with Crippen molar-refractivity contribution in [3.8, 4) is 5.75 Å². The van der Waals surface area contributed by atoms with Crippen LogP contribution in [0.4, 0.5) is 5.69 Å². The van der Waals surface area contributed by atoms with Crippen molar-refractivity contribution in [1.82, 2.24) is 0 Å². The highest BCUT2D eigenvalue weighted by Gasteiger charge is 2.32. The lowest BCUT2D eigenvalue weighted by Crippen LogP contribution is -2.42. The summed E-state index contributed by atoms with van der Waals surface area (Å²) in [4.78, 5) is 12.5. The fraction of sp³-hybridized carbons (Fsp3) is 0.632. The molecule has 0 bridgehead atoms. The van der Waals surface area contributed by atoms with Gasteiger partial charge in [-0.05, 0) is 70.7 Å². The molecule has 130 valence electrons. The van der Waals surface area contributed by atoms with Gasteiger partial charge in [0.25, 0.3) is 5.91 Å². The van der Waals surface area contributed by atoms with Crippen LogP contribution in [0.15, 0.2) is 12.1 Å². The second-order valence-corrected chi connectivity index (χ2v) is 6.25. The van der Waals surface area contributed by atoms with Gasteiger partial charge in [0, 0.05) is 12.3 Å². The number of aryl methyl sites for hydroxylation is 2. The summed E-state index contributed by atoms with van der Waals surface area (Å²) in [5, 5.41) is 2.97. The fourth-order valence-electron chi connectivity index (χ4n) is 2.40. The van der Waals surface area contributed by atoms with Gasteiger partial charge in [-0.15, -0.1) is 0 Å². The summed E-state index contributed by atoms with van der Waals surface area (Å²) < 4.78 is 11.6. The molecule has 0 spiro atoms. The summed E-state index contributed by atoms with van der Waals surface area (Å²) in [5.74, 6) is 0.789. The Morgan fingerprint density at radius 2 is 1.78 bits per heavy atom. The number of ether oxygens (including phenoxy) is 2. The lowest BCUT2D eigenvalue weighted by Gasteiger charge is -2.27. The molecule has 0 aromatic heterocycles. The molecule has 0 heterocycles. The van der Waals surface area contributed by atoms with Gasteiger partial charge in [-0.1, -0.05) is 13.8 Å². The first kappa shape index (κ1) is 19.5. The second kappa shape index (κ2) is 8.34. The van der Waals surface area contributed by atoms with Crippen molar-refractivity contribution in [1.29, 1.82) is 0 Å². The van der Waals surface area contributed by atoms with E-state index in [-0.39, 0.29) is 12.0 Å². The standard InChI is InChI=1S/C19H31NO3/c1-8-15(6)23-17-13(4)11-16(12-14(17)5)20-18(21)19(7,9-2)22-10-3/h11-12,15H,8-10H2,1-7H3,(H,20,21)/t15-,19-/m0/s1. The van der Waals surface area contributed by atoms with Gasteiger partial charge in [0.05, 0.1) is 6.10 Å². The molecule has 0 radical (unpaired) electrons. The number of carbonyl (C=O) groups is 1. The minimum Gasteiger partial charge on any atom is -0.490 e. The average Bonchev–Trinajstić information content (AvgIpc) is 2.50. The SMILES string of the molecule is CCO[C@@](C)(CC)C(=O)Nc1cc(C)c(O[C@@H](C)CC)c(C)c1. The predicted octanol–water partition coefficient (Wildman–Crippen LogP) is 4.62. The van der Waals surface area contributed by atoms with Crippen LogP contribution in [0, 0.1) is 13.8 Å². The molecule has 0 fully saturated rings. The van der Waals surface area contributed by atoms with Gasteiger partial charge in [-0.25, -0.2) is 0 Å². The Hall–Kier alpha value is -1.55. The van der Waals surface area contributed by atoms with E-state index in [4.69, 9.17) is 9.47 Å². The summed E-state index contributed by atoms with van der Waals surface area (Å²) in [6, 6.07) is 3.90. The molecule has 1 N–H and O–H groups in total. The molecule has 1 amide bonds. The minimum absolute atomic E-state index is 0.115. The van der Waals surface area contributed by atoms with E-state index in [2.05, 4.69) is 19.2 Å². The third kappa shape index (κ3) is 4.96. The molecule has 0 aliphatic heterocycles. The van der Waals surface area contributed by atoms with Crippen LogP contribution >= 0.6 is 0 Å². The van der Waals surface area contributed by atoms with Gasteiger partial charge < -0.3 is 14.8 Å². The summed E-state index contributed by atoms with van der Waals surface area (Å²) in [7, 11) is 0. The van der Waals surface area contributed by atoms with Gasteiger partial charge in [-0.3, -0.25) is 4.79 Å². The number of amides is 1. The topological polar surface area (TPSA) is 47.6 Å². The van der Waals surface area contributed by atoms with Crippen molar-refractivity contribution in [2.75, 3.05) is 11.9 Å². The Morgan fingerprint density at radius 3 is 2.22 bits per heavy atom. The quantitative estimate of drug-likeness (QED) is 0.759. The smallest absolute Gasteiger partial charge is 0.256 e. The molecule has 4 heteroatoms. The van der Waals surface area contributed by atoms with Gasteiger partial charge in [0.1, 0.15) is 11.4 Å². The third-order valence-electron chi connectivity index (χ3n) is 4.23. The van der Waals surface area contributed by atoms with Crippen molar-refractivity contribution in [3.63, 3.8) is 0 Å². The van der Waals surface area contributed by atoms with Crippen LogP contribution in [-0.2, 0) is 9.53 Å². The van der Waals surface area contributed by atoms with Crippen molar-refractivity contribution >= 4 is 11.6 Å². The summed E-state index contributed by atoms with van der Waals surface area (Å²) >= 11 is 0. The highest BCUT2D eigenvalue weighted by molar-refractivity contribution is 5.97. The van der Waals surface area contributed by atoms with E-state index in [1.54, 1.807) is 0 Å². The molecule has 2 atom stereocenters. The monoisotopic (exact) mass is 321 g/mol. The molecule has 4 nitrogen and oxygen atoms in total. The van der Waals surface area contributed by atoms with Crippen LogP contribution in [0.2, 0.25) is 0 Å². The Balaban J connectivity index is 2.97. The van der Waals surface area contributed by atoms with E-state index in [1.807, 2.05) is 46.8 Å². The van der Waals surface area contributed by atoms with Crippen LogP contribution < -0.4 is 10.1 Å². The highest BCUT2D eigenvalue weighted by atomic mass is 16.5. The summed E-state index contributed by atoms with van der Waals surface area (Å²) in [6.45, 7) is 14.4. The van der Waals surface area contributed by atoms with Gasteiger partial charge >= 0.3 is 0 Å². The zero-order chi connectivity index (χ0) is 17.6. The maximum Gasteiger partial charge on any atom is 0.256 e. The van der Waals surface area contributed by atoms with E-state index in [9.17, 15) is 4.79 Å². The summed E-state index contributed by atoms with van der Waals surface area (Å²) in [6.07, 6.45) is 1.76. The number of hydrogen-bond donors (Lipinski definition) is 1. The van der Waals surface area contributed by atoms with Crippen molar-refractivity contribution in [2.24, 2.45) is 0 Å². The number of rotatable bonds is 8. The molecular formula is C19H31NO3. The van der Waals surface area contributed by atoms with Gasteiger partial charge in [0.2, 0.25) is 0 Å². The number of carbonyl (C=O) groups excluding carboxylic acids is 1. The van der Waals surface area contributed by atoms with E-state index in [1.165, 1.54) is 0 Å². The van der Waals surface area contributed by atoms with Crippen LogP contribution in [0.25, 0.3) is 0 Å². The number of anilines is 1. The summed E-state index contributed by atoms with van der Waals surface area (Å²) in [5.41, 5.74) is 2.02. The van der Waals surface area contributed by atoms with Crippen LogP contribution in [0.1, 0.15) is 58.6 Å². The van der Waals surface area contributed by atoms with Gasteiger partial charge in [0.15, 0.2) is 0 Å². The average molecular weight is 321 g/mol. The second-order valence-electron chi connectivity index (χ2n) is 6.25. The Morgan fingerprint density at radius 1 is 1.22 bits per heavy atom. The van der Waals surface area contributed by atoms with E-state index < -0.39 is 5.60 Å². The number of benzene rings is 1. The van der Waals surface area contributed by atoms with Crippen LogP contribution in [-0.4, -0.2) is 24.2 Å². The zero-order valence-corrected chi connectivity index (χ0v) is 15.6. The zero-order valence-electron chi connectivity index (χ0n) is 15.6. The van der Waals surface area contributed by atoms with Crippen LogP contribution in [0.5, 0.6) is 5.75 Å². The van der Waals surface area contributed by atoms with Crippen LogP contribution in [0.3, 0.4) is 0 Å². The molecule has 0 aliphatic rings. The molecule has 0 saturated carbocycles. The number of nitrogens with one attached hydrogen (secondary N) is 1. The van der Waals surface area contributed by atoms with E-state index >= 15 is 0 Å². The third-order valence-corrected chi connectivity index (χ3v) is 4.23. The largest absolute Gasteiger partial charge is 0.490 e. The number of hydrogen-bond acceptors (Lipinski definition) is 3. The maximum atomic E-state index is 12.5. The molecule has 1 aromatic carbocycles. The maximum absolute atomic E-state index is 12.5. The molecular weight excluding hydrogens is 290 g/mol. The molecule has 0 aliphatic carbocycles. The Labute approximate surface area is 140 Å². The van der Waals surface area contributed by atoms with Gasteiger partial charge in [-0.2, -0.15) is 0 Å². The Bertz CT molecular complexity index is 518. The molecule has 1 rings (SSSR count). The minimum atomic E-state index is -0.803. The van der Waals surface area contributed by atoms with E-state index in [0.717, 1.165) is 29.0 Å². The van der Waals surface area contributed by atoms with E-state index in [0.29, 0.717) is 13.0 Å². The first-order chi connectivity index (χ1) is 10.8. The first-order valence-corrected chi connectivity index (χ1v) is 8.50. The predicted molar refractivity (Wildman–Crippen MR) is 95.2 cm³/mol. The first-order valence-electron chi connectivity index (χ1n) is 8.50. The lowest BCUT2D eigenvalue weighted by atomic mass is 10.0. The fourth-order valence-corrected chi connectivity index (χ4v) is 2.40. The van der Waals surface area contributed by atoms with Crippen molar-refractivity contribution in [3.05, 3.63) is 23.3 Å². The molecule has 1 aromatic rings. The molecule has 0 saturated heterocycles. The normalized spacial score (nSPS) is 14.9. The Kier molecular flexibility index (Phi) is 7.07. The molecule has 0 unspecified atom stereocenters. The highest BCUT2D eigenvalue weighted by Crippen LogP contribution is 2.29. The van der Waals surface area contributed by atoms with Crippen molar-refractivity contribution in [2.45, 2.75) is 73.0 Å². The van der Waals surface area contributed by atoms with Crippen molar-refractivity contribution < 1.29 is 14.3 Å². The lowest BCUT2D eigenvalue weighted by molar-refractivity contribution is -0.139. The molecule has 23 heavy (non-hydrogen) atoms.